The first-order valence-electron chi connectivity index (χ1n) is 7.04. The lowest BCUT2D eigenvalue weighted by Crippen LogP contribution is -2.14. The van der Waals surface area contributed by atoms with Gasteiger partial charge in [-0.25, -0.2) is 8.42 Å². The smallest absolute Gasteiger partial charge is 0.232 e. The highest BCUT2D eigenvalue weighted by atomic mass is 32.2. The van der Waals surface area contributed by atoms with Crippen molar-refractivity contribution < 1.29 is 8.42 Å². The standard InChI is InChI=1S/C16H21N3O2S/c1-4-22(20,21)18-15-7-5-13(6-8-15)17-14-9-11-16(12-10-14)19(2)3/h5-12,17-18H,4H2,1-3H3. The lowest BCUT2D eigenvalue weighted by atomic mass is 10.2. The Balaban J connectivity index is 2.05. The number of anilines is 4. The van der Waals surface area contributed by atoms with Crippen molar-refractivity contribution in [2.45, 2.75) is 6.92 Å². The molecule has 0 bridgehead atoms. The van der Waals surface area contributed by atoms with Crippen molar-refractivity contribution >= 4 is 32.8 Å². The summed E-state index contributed by atoms with van der Waals surface area (Å²) in [5.41, 5.74) is 3.58. The number of nitrogens with one attached hydrogen (secondary N) is 2. The van der Waals surface area contributed by atoms with Gasteiger partial charge < -0.3 is 10.2 Å². The van der Waals surface area contributed by atoms with Crippen molar-refractivity contribution in [1.29, 1.82) is 0 Å². The largest absolute Gasteiger partial charge is 0.378 e. The van der Waals surface area contributed by atoms with Crippen LogP contribution in [-0.2, 0) is 10.0 Å². The zero-order chi connectivity index (χ0) is 16.2. The fourth-order valence-corrected chi connectivity index (χ4v) is 2.52. The summed E-state index contributed by atoms with van der Waals surface area (Å²) in [6, 6.07) is 15.2. The van der Waals surface area contributed by atoms with Gasteiger partial charge in [-0.1, -0.05) is 0 Å². The maximum atomic E-state index is 11.5. The molecule has 0 aliphatic carbocycles. The molecule has 0 radical (unpaired) electrons. The second-order valence-electron chi connectivity index (χ2n) is 5.15. The maximum absolute atomic E-state index is 11.5. The summed E-state index contributed by atoms with van der Waals surface area (Å²) in [7, 11) is 0.765. The van der Waals surface area contributed by atoms with Crippen LogP contribution in [0.2, 0.25) is 0 Å². The number of sulfonamides is 1. The van der Waals surface area contributed by atoms with E-state index in [0.29, 0.717) is 5.69 Å². The summed E-state index contributed by atoms with van der Waals surface area (Å²) in [5, 5.41) is 3.28. The third-order valence-corrected chi connectivity index (χ3v) is 4.52. The van der Waals surface area contributed by atoms with Gasteiger partial charge in [-0.3, -0.25) is 4.72 Å². The second-order valence-corrected chi connectivity index (χ2v) is 7.16. The van der Waals surface area contributed by atoms with Gasteiger partial charge >= 0.3 is 0 Å². The molecule has 2 aromatic rings. The van der Waals surface area contributed by atoms with Gasteiger partial charge in [0.15, 0.2) is 0 Å². The first-order valence-corrected chi connectivity index (χ1v) is 8.70. The van der Waals surface area contributed by atoms with Crippen LogP contribution in [0.5, 0.6) is 0 Å². The maximum Gasteiger partial charge on any atom is 0.232 e. The fraction of sp³-hybridized carbons (Fsp3) is 0.250. The van der Waals surface area contributed by atoms with E-state index in [1.165, 1.54) is 0 Å². The zero-order valence-corrected chi connectivity index (χ0v) is 13.8. The van der Waals surface area contributed by atoms with E-state index < -0.39 is 10.0 Å². The van der Waals surface area contributed by atoms with E-state index in [-0.39, 0.29) is 5.75 Å². The molecule has 0 aliphatic heterocycles. The summed E-state index contributed by atoms with van der Waals surface area (Å²) in [6.07, 6.45) is 0. The molecule has 2 N–H and O–H groups in total. The van der Waals surface area contributed by atoms with E-state index in [4.69, 9.17) is 0 Å². The summed E-state index contributed by atoms with van der Waals surface area (Å²) in [5.74, 6) is 0.0607. The topological polar surface area (TPSA) is 61.4 Å². The van der Waals surface area contributed by atoms with Crippen LogP contribution in [0.3, 0.4) is 0 Å². The van der Waals surface area contributed by atoms with Crippen LogP contribution in [0.15, 0.2) is 48.5 Å². The Morgan fingerprint density at radius 1 is 0.864 bits per heavy atom. The molecule has 0 fully saturated rings. The van der Waals surface area contributed by atoms with Crippen molar-refractivity contribution in [2.75, 3.05) is 34.8 Å². The van der Waals surface area contributed by atoms with Gasteiger partial charge in [0.2, 0.25) is 10.0 Å². The number of nitrogens with zero attached hydrogens (tertiary/aromatic N) is 1. The number of hydrogen-bond acceptors (Lipinski definition) is 4. The van der Waals surface area contributed by atoms with E-state index >= 15 is 0 Å². The van der Waals surface area contributed by atoms with E-state index in [1.54, 1.807) is 19.1 Å². The first-order chi connectivity index (χ1) is 10.4. The molecule has 0 atom stereocenters. The Morgan fingerprint density at radius 3 is 1.77 bits per heavy atom. The van der Waals surface area contributed by atoms with Crippen LogP contribution < -0.4 is 14.9 Å². The predicted molar refractivity (Wildman–Crippen MR) is 93.6 cm³/mol. The molecule has 0 amide bonds. The van der Waals surface area contributed by atoms with Crippen molar-refractivity contribution in [3.8, 4) is 0 Å². The predicted octanol–water partition coefficient (Wildman–Crippen LogP) is 3.26. The van der Waals surface area contributed by atoms with Gasteiger partial charge in [-0.05, 0) is 55.5 Å². The molecule has 2 rings (SSSR count). The van der Waals surface area contributed by atoms with Crippen LogP contribution in [0, 0.1) is 0 Å². The Kier molecular flexibility index (Phi) is 4.92. The van der Waals surface area contributed by atoms with Crippen LogP contribution in [0.4, 0.5) is 22.7 Å². The average molecular weight is 319 g/mol. The van der Waals surface area contributed by atoms with Crippen LogP contribution >= 0.6 is 0 Å². The summed E-state index contributed by atoms with van der Waals surface area (Å²) < 4.78 is 25.5. The third-order valence-electron chi connectivity index (χ3n) is 3.21. The van der Waals surface area contributed by atoms with Crippen molar-refractivity contribution in [1.82, 2.24) is 0 Å². The number of hydrogen-bond donors (Lipinski definition) is 2. The minimum Gasteiger partial charge on any atom is -0.378 e. The van der Waals surface area contributed by atoms with E-state index in [0.717, 1.165) is 17.1 Å². The minimum absolute atomic E-state index is 0.0607. The van der Waals surface area contributed by atoms with E-state index in [2.05, 4.69) is 10.0 Å². The lowest BCUT2D eigenvalue weighted by molar-refractivity contribution is 0.602. The zero-order valence-electron chi connectivity index (χ0n) is 13.0. The van der Waals surface area contributed by atoms with Gasteiger partial charge in [0, 0.05) is 36.8 Å². The third kappa shape index (κ3) is 4.39. The van der Waals surface area contributed by atoms with E-state index in [9.17, 15) is 8.42 Å². The van der Waals surface area contributed by atoms with Gasteiger partial charge in [-0.15, -0.1) is 0 Å². The van der Waals surface area contributed by atoms with E-state index in [1.807, 2.05) is 55.4 Å². The Hall–Kier alpha value is -2.21. The fourth-order valence-electron chi connectivity index (χ4n) is 1.88. The van der Waals surface area contributed by atoms with Crippen molar-refractivity contribution in [2.24, 2.45) is 0 Å². The number of benzene rings is 2. The SMILES string of the molecule is CCS(=O)(=O)Nc1ccc(Nc2ccc(N(C)C)cc2)cc1. The Bertz CT molecular complexity index is 708. The second kappa shape index (κ2) is 6.70. The van der Waals surface area contributed by atoms with Gasteiger partial charge in [0.1, 0.15) is 0 Å². The number of rotatable bonds is 6. The van der Waals surface area contributed by atoms with Gasteiger partial charge in [0.25, 0.3) is 0 Å². The molecule has 22 heavy (non-hydrogen) atoms. The van der Waals surface area contributed by atoms with Crippen LogP contribution in [0.25, 0.3) is 0 Å². The Labute approximate surface area is 132 Å². The van der Waals surface area contributed by atoms with Gasteiger partial charge in [-0.2, -0.15) is 0 Å². The first kappa shape index (κ1) is 16.2. The monoisotopic (exact) mass is 319 g/mol. The molecule has 0 saturated heterocycles. The molecule has 5 nitrogen and oxygen atoms in total. The molecule has 0 spiro atoms. The lowest BCUT2D eigenvalue weighted by Gasteiger charge is -2.13. The molecule has 6 heteroatoms. The molecule has 118 valence electrons. The average Bonchev–Trinajstić information content (AvgIpc) is 2.49. The Morgan fingerprint density at radius 2 is 1.32 bits per heavy atom. The molecular formula is C16H21N3O2S. The summed E-state index contributed by atoms with van der Waals surface area (Å²) in [4.78, 5) is 2.04. The molecule has 0 aliphatic rings. The summed E-state index contributed by atoms with van der Waals surface area (Å²) in [6.45, 7) is 1.61. The van der Waals surface area contributed by atoms with Gasteiger partial charge in [0.05, 0.1) is 5.75 Å². The molecular weight excluding hydrogens is 298 g/mol. The molecule has 0 unspecified atom stereocenters. The highest BCUT2D eigenvalue weighted by Gasteiger charge is 2.06. The molecule has 0 heterocycles. The van der Waals surface area contributed by atoms with Crippen molar-refractivity contribution in [3.05, 3.63) is 48.5 Å². The van der Waals surface area contributed by atoms with Crippen LogP contribution in [0.1, 0.15) is 6.92 Å². The quantitative estimate of drug-likeness (QED) is 0.858. The minimum atomic E-state index is -3.23. The van der Waals surface area contributed by atoms with Crippen LogP contribution in [-0.4, -0.2) is 28.3 Å². The molecule has 0 saturated carbocycles. The highest BCUT2D eigenvalue weighted by molar-refractivity contribution is 7.92. The highest BCUT2D eigenvalue weighted by Crippen LogP contribution is 2.21. The normalized spacial score (nSPS) is 11.0. The molecule has 0 aromatic heterocycles. The molecule has 2 aromatic carbocycles. The summed E-state index contributed by atoms with van der Waals surface area (Å²) >= 11 is 0. The van der Waals surface area contributed by atoms with Crippen molar-refractivity contribution in [3.63, 3.8) is 0 Å².